The van der Waals surface area contributed by atoms with Crippen molar-refractivity contribution in [3.05, 3.63) is 63.7 Å². The Balaban J connectivity index is 2.16. The van der Waals surface area contributed by atoms with Crippen LogP contribution >= 0.6 is 11.6 Å². The lowest BCUT2D eigenvalue weighted by Crippen LogP contribution is -2.40. The van der Waals surface area contributed by atoms with Crippen molar-refractivity contribution in [1.82, 2.24) is 24.9 Å². The monoisotopic (exact) mass is 398 g/mol. The molecule has 0 radical (unpaired) electrons. The first kappa shape index (κ1) is 19.3. The van der Waals surface area contributed by atoms with Gasteiger partial charge in [0.2, 0.25) is 0 Å². The molecule has 3 aromatic rings. The van der Waals surface area contributed by atoms with Crippen LogP contribution in [-0.4, -0.2) is 43.2 Å². The highest BCUT2D eigenvalue weighted by Crippen LogP contribution is 2.20. The number of benzene rings is 1. The lowest BCUT2D eigenvalue weighted by molar-refractivity contribution is 0.0929. The number of hydrogen-bond acceptors (Lipinski definition) is 6. The Bertz CT molecular complexity index is 1110. The van der Waals surface area contributed by atoms with Gasteiger partial charge in [-0.25, -0.2) is 0 Å². The third-order valence-electron chi connectivity index (χ3n) is 3.88. The number of amides is 1. The van der Waals surface area contributed by atoms with Gasteiger partial charge >= 0.3 is 0 Å². The molecule has 0 saturated heterocycles. The summed E-state index contributed by atoms with van der Waals surface area (Å²) in [7, 11) is 1.68. The van der Waals surface area contributed by atoms with Crippen LogP contribution in [0, 0.1) is 11.3 Å². The Morgan fingerprint density at radius 3 is 2.68 bits per heavy atom. The summed E-state index contributed by atoms with van der Waals surface area (Å²) < 4.78 is 2.56. The van der Waals surface area contributed by atoms with E-state index in [0.29, 0.717) is 22.0 Å². The third-order valence-corrected chi connectivity index (χ3v) is 4.13. The van der Waals surface area contributed by atoms with Crippen molar-refractivity contribution in [3.8, 4) is 23.0 Å². The van der Waals surface area contributed by atoms with Gasteiger partial charge in [0.05, 0.1) is 30.8 Å². The lowest BCUT2D eigenvalue weighted by Gasteiger charge is -2.11. The minimum Gasteiger partial charge on any atom is -0.393 e. The molecule has 28 heavy (non-hydrogen) atoms. The summed E-state index contributed by atoms with van der Waals surface area (Å²) in [6.45, 7) is -0.575. The van der Waals surface area contributed by atoms with Crippen LogP contribution in [0.1, 0.15) is 10.4 Å². The normalized spacial score (nSPS) is 11.6. The number of hydrogen-bond donors (Lipinski definition) is 2. The fourth-order valence-corrected chi connectivity index (χ4v) is 2.59. The minimum absolute atomic E-state index is 0.225. The number of halogens is 1. The fraction of sp³-hybridized carbons (Fsp3) is 0.167. The Hall–Kier alpha value is -3.48. The molecule has 2 aromatic heterocycles. The molecule has 0 unspecified atom stereocenters. The third kappa shape index (κ3) is 3.93. The van der Waals surface area contributed by atoms with Gasteiger partial charge in [-0.1, -0.05) is 23.7 Å². The maximum Gasteiger partial charge on any atom is 0.284 e. The zero-order chi connectivity index (χ0) is 20.3. The molecule has 0 aliphatic rings. The molecular formula is C18H15ClN6O3. The van der Waals surface area contributed by atoms with Gasteiger partial charge in [-0.05, 0) is 18.2 Å². The summed E-state index contributed by atoms with van der Waals surface area (Å²) in [5, 5.41) is 29.3. The molecule has 142 valence electrons. The summed E-state index contributed by atoms with van der Waals surface area (Å²) in [5.41, 5.74) is 0.449. The fourth-order valence-electron chi connectivity index (χ4n) is 2.47. The van der Waals surface area contributed by atoms with E-state index >= 15 is 0 Å². The van der Waals surface area contributed by atoms with Gasteiger partial charge in [0, 0.05) is 17.6 Å². The predicted octanol–water partition coefficient (Wildman–Crippen LogP) is 0.901. The molecule has 0 aliphatic heterocycles. The van der Waals surface area contributed by atoms with Crippen LogP contribution in [-0.2, 0) is 7.05 Å². The first-order valence-electron chi connectivity index (χ1n) is 8.13. The average Bonchev–Trinajstić information content (AvgIpc) is 3.12. The SMILES string of the molecule is Cn1cc(-n2nc(-c3ccc(Cl)cc3)cc(C(=O)N[C@@H](C#N)CO)c2=O)cn1. The van der Waals surface area contributed by atoms with Crippen molar-refractivity contribution in [2.75, 3.05) is 6.61 Å². The minimum atomic E-state index is -1.13. The van der Waals surface area contributed by atoms with Gasteiger partial charge in [-0.2, -0.15) is 20.1 Å². The second-order valence-corrected chi connectivity index (χ2v) is 6.31. The molecule has 0 spiro atoms. The molecule has 1 amide bonds. The van der Waals surface area contributed by atoms with E-state index in [9.17, 15) is 9.59 Å². The molecule has 2 heterocycles. The number of nitrogens with zero attached hydrogens (tertiary/aromatic N) is 5. The van der Waals surface area contributed by atoms with Crippen molar-refractivity contribution in [2.24, 2.45) is 7.05 Å². The second-order valence-electron chi connectivity index (χ2n) is 5.88. The average molecular weight is 399 g/mol. The van der Waals surface area contributed by atoms with Gasteiger partial charge in [-0.3, -0.25) is 14.3 Å². The molecule has 0 bridgehead atoms. The van der Waals surface area contributed by atoms with Gasteiger partial charge in [-0.15, -0.1) is 0 Å². The van der Waals surface area contributed by atoms with Crippen LogP contribution < -0.4 is 10.9 Å². The summed E-state index contributed by atoms with van der Waals surface area (Å²) >= 11 is 5.92. The second kappa shape index (κ2) is 8.04. The molecule has 9 nitrogen and oxygen atoms in total. The largest absolute Gasteiger partial charge is 0.393 e. The quantitative estimate of drug-likeness (QED) is 0.657. The zero-order valence-corrected chi connectivity index (χ0v) is 15.5. The van der Waals surface area contributed by atoms with Gasteiger partial charge < -0.3 is 10.4 Å². The smallest absolute Gasteiger partial charge is 0.284 e. The van der Waals surface area contributed by atoms with Crippen LogP contribution in [0.4, 0.5) is 0 Å². The number of nitrogens with one attached hydrogen (secondary N) is 1. The van der Waals surface area contributed by atoms with E-state index in [1.165, 1.54) is 16.9 Å². The van der Waals surface area contributed by atoms with Crippen LogP contribution in [0.2, 0.25) is 5.02 Å². The number of aromatic nitrogens is 4. The first-order valence-corrected chi connectivity index (χ1v) is 8.51. The molecule has 3 rings (SSSR count). The van der Waals surface area contributed by atoms with E-state index in [-0.39, 0.29) is 5.56 Å². The maximum absolute atomic E-state index is 12.9. The number of aliphatic hydroxyl groups is 1. The van der Waals surface area contributed by atoms with E-state index in [0.717, 1.165) is 4.68 Å². The van der Waals surface area contributed by atoms with Gasteiger partial charge in [0.15, 0.2) is 0 Å². The zero-order valence-electron chi connectivity index (χ0n) is 14.7. The Labute approximate surface area is 164 Å². The van der Waals surface area contributed by atoms with E-state index in [4.69, 9.17) is 22.0 Å². The summed E-state index contributed by atoms with van der Waals surface area (Å²) in [5.74, 6) is -0.791. The van der Waals surface area contributed by atoms with Crippen LogP contribution in [0.15, 0.2) is 47.5 Å². The van der Waals surface area contributed by atoms with Crippen molar-refractivity contribution in [3.63, 3.8) is 0 Å². The number of rotatable bonds is 5. The van der Waals surface area contributed by atoms with E-state index < -0.39 is 24.1 Å². The molecule has 0 fully saturated rings. The van der Waals surface area contributed by atoms with Crippen LogP contribution in [0.25, 0.3) is 16.9 Å². The number of nitriles is 1. The number of carbonyl (C=O) groups excluding carboxylic acids is 1. The number of aryl methyl sites for hydroxylation is 1. The number of carbonyl (C=O) groups is 1. The first-order chi connectivity index (χ1) is 13.4. The molecular weight excluding hydrogens is 384 g/mol. The van der Waals surface area contributed by atoms with Gasteiger partial charge in [0.1, 0.15) is 17.3 Å². The standard InChI is InChI=1S/C18H15ClN6O3/c1-24-9-14(8-21-24)25-18(28)15(17(27)22-13(7-20)10-26)6-16(23-25)11-2-4-12(19)5-3-11/h2-6,8-9,13,26H,10H2,1H3,(H,22,27)/t13-/m0/s1. The van der Waals surface area contributed by atoms with E-state index in [2.05, 4.69) is 15.5 Å². The number of aliphatic hydroxyl groups excluding tert-OH is 1. The van der Waals surface area contributed by atoms with Crippen molar-refractivity contribution < 1.29 is 9.90 Å². The topological polar surface area (TPSA) is 126 Å². The van der Waals surface area contributed by atoms with Crippen molar-refractivity contribution in [2.45, 2.75) is 6.04 Å². The lowest BCUT2D eigenvalue weighted by atomic mass is 10.1. The Morgan fingerprint density at radius 2 is 2.11 bits per heavy atom. The Morgan fingerprint density at radius 1 is 1.39 bits per heavy atom. The Kier molecular flexibility index (Phi) is 5.54. The highest BCUT2D eigenvalue weighted by molar-refractivity contribution is 6.30. The van der Waals surface area contributed by atoms with Gasteiger partial charge in [0.25, 0.3) is 11.5 Å². The molecule has 0 saturated carbocycles. The summed E-state index contributed by atoms with van der Waals surface area (Å²) in [6.07, 6.45) is 3.01. The maximum atomic E-state index is 12.9. The van der Waals surface area contributed by atoms with Crippen molar-refractivity contribution >= 4 is 17.5 Å². The van der Waals surface area contributed by atoms with Crippen LogP contribution in [0.3, 0.4) is 0 Å². The summed E-state index contributed by atoms with van der Waals surface area (Å²) in [4.78, 5) is 25.4. The predicted molar refractivity (Wildman–Crippen MR) is 101 cm³/mol. The van der Waals surface area contributed by atoms with Crippen LogP contribution in [0.5, 0.6) is 0 Å². The summed E-state index contributed by atoms with van der Waals surface area (Å²) in [6, 6.07) is 8.67. The molecule has 10 heteroatoms. The molecule has 1 atom stereocenters. The van der Waals surface area contributed by atoms with Crippen molar-refractivity contribution in [1.29, 1.82) is 5.26 Å². The highest BCUT2D eigenvalue weighted by atomic mass is 35.5. The van der Waals surface area contributed by atoms with E-state index in [1.54, 1.807) is 43.6 Å². The molecule has 1 aromatic carbocycles. The van der Waals surface area contributed by atoms with E-state index in [1.807, 2.05) is 0 Å². The highest BCUT2D eigenvalue weighted by Gasteiger charge is 2.20. The molecule has 2 N–H and O–H groups in total. The molecule has 0 aliphatic carbocycles.